The minimum atomic E-state index is -0.00562. The summed E-state index contributed by atoms with van der Waals surface area (Å²) in [5, 5.41) is 8.96. The SMILES string of the molecule is CCc1ccc(-c2c(C)ccc3c2oc2nc(C(C)(C)C)ccc23)[n+](C)c1.CCc1ccc(-c2c(C)ccc3c2oc2nc(C4CCCC4)ccc23)[n+](C)c1.CCc1ccc(-c2c(C)ccc3c2oc2nc(C4CCCCC4)ccc23)[n+](C)c1.CCc1ccc(-c2c(C)ccc3c2oc2nc(CC(C)(C)C)ccc23)[n+](C)c1. The van der Waals surface area contributed by atoms with Gasteiger partial charge in [0, 0.05) is 130 Å². The van der Waals surface area contributed by atoms with Gasteiger partial charge in [-0.3, -0.25) is 0 Å². The van der Waals surface area contributed by atoms with E-state index in [2.05, 4.69) is 314 Å². The first-order chi connectivity index (χ1) is 53.9. The van der Waals surface area contributed by atoms with Gasteiger partial charge in [-0.05, 0) is 186 Å². The molecule has 0 N–H and O–H groups in total. The lowest BCUT2D eigenvalue weighted by Crippen LogP contribution is -2.31. The molecular weight excluding hydrogens is 1380 g/mol. The van der Waals surface area contributed by atoms with E-state index in [4.69, 9.17) is 37.6 Å². The highest BCUT2D eigenvalue weighted by molar-refractivity contribution is 6.12. The van der Waals surface area contributed by atoms with E-state index in [1.54, 1.807) is 0 Å². The number of rotatable bonds is 11. The van der Waals surface area contributed by atoms with Crippen molar-refractivity contribution in [2.75, 3.05) is 0 Å². The number of hydrogen-bond donors (Lipinski definition) is 0. The molecule has 4 aromatic carbocycles. The van der Waals surface area contributed by atoms with Gasteiger partial charge in [-0.1, -0.05) is 150 Å². The first-order valence-electron chi connectivity index (χ1n) is 41.1. The molecule has 0 aliphatic heterocycles. The molecule has 12 heterocycles. The lowest BCUT2D eigenvalue weighted by Gasteiger charge is -2.20. The first-order valence-corrected chi connectivity index (χ1v) is 41.1. The predicted molar refractivity (Wildman–Crippen MR) is 458 cm³/mol. The van der Waals surface area contributed by atoms with Crippen molar-refractivity contribution in [3.63, 3.8) is 0 Å². The number of hydrogen-bond acceptors (Lipinski definition) is 8. The molecule has 572 valence electrons. The van der Waals surface area contributed by atoms with Crippen molar-refractivity contribution in [1.82, 2.24) is 19.9 Å². The second-order valence-electron chi connectivity index (χ2n) is 34.2. The van der Waals surface area contributed by atoms with Crippen LogP contribution in [0.5, 0.6) is 0 Å². The van der Waals surface area contributed by atoms with E-state index in [1.165, 1.54) is 136 Å². The summed E-state index contributed by atoms with van der Waals surface area (Å²) in [5.41, 5.74) is 31.0. The summed E-state index contributed by atoms with van der Waals surface area (Å²) in [6, 6.07) is 52.5. The van der Waals surface area contributed by atoms with Crippen LogP contribution in [0, 0.1) is 33.1 Å². The van der Waals surface area contributed by atoms with E-state index in [1.807, 2.05) is 0 Å². The molecular formula is C100H112N8O4+4. The zero-order chi connectivity index (χ0) is 78.6. The van der Waals surface area contributed by atoms with Crippen LogP contribution in [0.15, 0.2) is 188 Å². The topological polar surface area (TPSA) is 120 Å². The van der Waals surface area contributed by atoms with Crippen LogP contribution in [-0.2, 0) is 65.7 Å². The Bertz CT molecular complexity index is 6240. The van der Waals surface area contributed by atoms with Crippen molar-refractivity contribution in [3.05, 3.63) is 238 Å². The van der Waals surface area contributed by atoms with Crippen molar-refractivity contribution in [2.24, 2.45) is 33.6 Å². The average molecular weight is 1490 g/mol. The fourth-order valence-electron chi connectivity index (χ4n) is 17.3. The number of nitrogens with zero attached hydrogens (tertiary/aromatic N) is 8. The van der Waals surface area contributed by atoms with Crippen LogP contribution in [0.1, 0.15) is 206 Å². The maximum Gasteiger partial charge on any atom is 0.227 e. The number of pyridine rings is 8. The Balaban J connectivity index is 0.000000118. The predicted octanol–water partition coefficient (Wildman–Crippen LogP) is 24.0. The molecule has 112 heavy (non-hydrogen) atoms. The monoisotopic (exact) mass is 1490 g/mol. The van der Waals surface area contributed by atoms with E-state index in [0.29, 0.717) is 11.8 Å². The Hall–Kier alpha value is -10.7. The summed E-state index contributed by atoms with van der Waals surface area (Å²) in [7, 11) is 8.45. The molecule has 0 bridgehead atoms. The van der Waals surface area contributed by atoms with Crippen molar-refractivity contribution in [3.8, 4) is 45.0 Å². The Labute approximate surface area is 660 Å². The van der Waals surface area contributed by atoms with Crippen LogP contribution < -0.4 is 18.3 Å². The molecule has 16 aromatic rings. The van der Waals surface area contributed by atoms with Crippen molar-refractivity contribution < 1.29 is 35.9 Å². The van der Waals surface area contributed by atoms with Gasteiger partial charge >= 0.3 is 0 Å². The zero-order valence-electron chi connectivity index (χ0n) is 69.4. The van der Waals surface area contributed by atoms with Gasteiger partial charge in [0.1, 0.15) is 28.2 Å². The van der Waals surface area contributed by atoms with E-state index < -0.39 is 0 Å². The van der Waals surface area contributed by atoms with E-state index in [9.17, 15) is 0 Å². The fraction of sp³-hybridized carbons (Fsp3) is 0.360. The smallest absolute Gasteiger partial charge is 0.227 e. The van der Waals surface area contributed by atoms with Gasteiger partial charge in [-0.25, -0.2) is 38.2 Å². The van der Waals surface area contributed by atoms with Gasteiger partial charge in [0.15, 0.2) is 47.1 Å². The van der Waals surface area contributed by atoms with Crippen LogP contribution in [0.2, 0.25) is 0 Å². The molecule has 0 spiro atoms. The van der Waals surface area contributed by atoms with Crippen molar-refractivity contribution in [2.45, 2.75) is 204 Å². The number of aromatic nitrogens is 8. The zero-order valence-corrected chi connectivity index (χ0v) is 69.4. The maximum atomic E-state index is 6.44. The van der Waals surface area contributed by atoms with Crippen LogP contribution in [0.3, 0.4) is 0 Å². The van der Waals surface area contributed by atoms with Crippen LogP contribution >= 0.6 is 0 Å². The molecule has 18 rings (SSSR count). The van der Waals surface area contributed by atoms with Crippen molar-refractivity contribution >= 4 is 88.3 Å². The highest BCUT2D eigenvalue weighted by Gasteiger charge is 2.29. The molecule has 0 amide bonds. The Kier molecular flexibility index (Phi) is 21.5. The summed E-state index contributed by atoms with van der Waals surface area (Å²) >= 11 is 0. The Morgan fingerprint density at radius 3 is 0.911 bits per heavy atom. The first kappa shape index (κ1) is 76.6. The third kappa shape index (κ3) is 15.2. The molecule has 2 aliphatic rings. The van der Waals surface area contributed by atoms with Gasteiger partial charge in [-0.15, -0.1) is 0 Å². The summed E-state index contributed by atoms with van der Waals surface area (Å²) < 4.78 is 34.4. The summed E-state index contributed by atoms with van der Waals surface area (Å²) in [4.78, 5) is 19.6. The van der Waals surface area contributed by atoms with E-state index >= 15 is 0 Å². The average Bonchev–Trinajstić information content (AvgIpc) is 1.61. The molecule has 12 heteroatoms. The normalized spacial score (nSPS) is 13.8. The third-order valence-electron chi connectivity index (χ3n) is 23.7. The molecule has 2 saturated carbocycles. The fourth-order valence-corrected chi connectivity index (χ4v) is 17.3. The van der Waals surface area contributed by atoms with E-state index in [0.717, 1.165) is 154 Å². The molecule has 2 aliphatic carbocycles. The standard InChI is InChI=1S/C26H29N2O.C25H27N2O.C25H29N2O.C24H27N2O/c1-4-18-11-15-23(28(3)16-18)24-17(2)10-12-20-21-13-14-22(19-8-6-5-7-9-19)27-26(21)29-25(20)24;1-4-17-10-14-22(27(3)15-17)23-16(2)9-11-19-20-12-13-21(18-7-5-6-8-18)26-25(20)28-24(19)23;1-7-17-9-13-21(27(6)15-17)22-16(2)8-11-19-20-12-10-18(14-25(3,4)5)26-24(20)28-23(19)22;1-7-16-9-12-19(26(6)14-16)21-15(2)8-10-17-18-11-13-20(24(3,4)5)25-23(18)27-22(17)21/h10-16,19H,4-9H2,1-3H3;9-15,18H,4-8H2,1-3H3;8-13,15H,7,14H2,1-6H3;8-14H,7H2,1-6H3/q4*+1. The molecule has 0 atom stereocenters. The minimum absolute atomic E-state index is 0.00562. The van der Waals surface area contributed by atoms with Gasteiger partial charge in [-0.2, -0.15) is 0 Å². The van der Waals surface area contributed by atoms with Crippen LogP contribution in [0.4, 0.5) is 0 Å². The molecule has 12 nitrogen and oxygen atoms in total. The van der Waals surface area contributed by atoms with Crippen molar-refractivity contribution in [1.29, 1.82) is 0 Å². The van der Waals surface area contributed by atoms with Crippen LogP contribution in [0.25, 0.3) is 133 Å². The maximum absolute atomic E-state index is 6.44. The lowest BCUT2D eigenvalue weighted by molar-refractivity contribution is -0.660. The van der Waals surface area contributed by atoms with Gasteiger partial charge in [0.25, 0.3) is 0 Å². The summed E-state index contributed by atoms with van der Waals surface area (Å²) in [6.07, 6.45) is 25.5. The Morgan fingerprint density at radius 2 is 0.607 bits per heavy atom. The highest BCUT2D eigenvalue weighted by Crippen LogP contribution is 2.44. The molecule has 0 saturated heterocycles. The van der Waals surface area contributed by atoms with Gasteiger partial charge in [0.05, 0.1) is 22.3 Å². The molecule has 12 aromatic heterocycles. The second-order valence-corrected chi connectivity index (χ2v) is 34.2. The molecule has 0 unspecified atom stereocenters. The van der Waals surface area contributed by atoms with E-state index in [-0.39, 0.29) is 10.8 Å². The quantitative estimate of drug-likeness (QED) is 0.117. The minimum Gasteiger partial charge on any atom is -0.437 e. The van der Waals surface area contributed by atoms with Gasteiger partial charge < -0.3 is 17.7 Å². The highest BCUT2D eigenvalue weighted by atomic mass is 16.4. The molecule has 0 radical (unpaired) electrons. The Morgan fingerprint density at radius 1 is 0.321 bits per heavy atom. The number of aryl methyl sites for hydroxylation is 12. The number of benzene rings is 4. The van der Waals surface area contributed by atoms with Gasteiger partial charge in [0.2, 0.25) is 45.6 Å². The largest absolute Gasteiger partial charge is 0.437 e. The summed E-state index contributed by atoms with van der Waals surface area (Å²) in [6.45, 7) is 30.6. The lowest BCUT2D eigenvalue weighted by atomic mass is 9.86. The molecule has 2 fully saturated rings. The third-order valence-corrected chi connectivity index (χ3v) is 23.7. The van der Waals surface area contributed by atoms with Crippen LogP contribution in [-0.4, -0.2) is 19.9 Å². The number of fused-ring (bicyclic) bond motifs is 12. The second kappa shape index (κ2) is 31.4. The number of furan rings is 4. The summed E-state index contributed by atoms with van der Waals surface area (Å²) in [5.74, 6) is 1.18.